The number of nitrogens with zero attached hydrogens (tertiary/aromatic N) is 2. The van der Waals surface area contributed by atoms with Gasteiger partial charge in [-0.05, 0) is 48.0 Å². The van der Waals surface area contributed by atoms with Crippen LogP contribution in [0.2, 0.25) is 0 Å². The van der Waals surface area contributed by atoms with Crippen LogP contribution in [0.4, 0.5) is 0 Å². The van der Waals surface area contributed by atoms with Gasteiger partial charge < -0.3 is 4.84 Å². The van der Waals surface area contributed by atoms with Crippen LogP contribution in [0.15, 0.2) is 52.2 Å². The minimum absolute atomic E-state index is 0.531. The molecule has 98 valence electrons. The van der Waals surface area contributed by atoms with Gasteiger partial charge in [0.05, 0.1) is 5.69 Å². The number of benzene rings is 1. The molecule has 0 saturated carbocycles. The summed E-state index contributed by atoms with van der Waals surface area (Å²) in [6.07, 6.45) is 0. The molecule has 0 fully saturated rings. The average Bonchev–Trinajstić information content (AvgIpc) is 2.39. The molecule has 0 aliphatic carbocycles. The van der Waals surface area contributed by atoms with E-state index in [1.54, 1.807) is 0 Å². The maximum Gasteiger partial charge on any atom is 0.135 e. The molecule has 0 aliphatic heterocycles. The lowest BCUT2D eigenvalue weighted by atomic mass is 10.0. The molecule has 19 heavy (non-hydrogen) atoms. The van der Waals surface area contributed by atoms with E-state index in [4.69, 9.17) is 4.84 Å². The van der Waals surface area contributed by atoms with Crippen LogP contribution in [0.5, 0.6) is 0 Å². The van der Waals surface area contributed by atoms with Crippen LogP contribution in [0, 0.1) is 6.92 Å². The summed E-state index contributed by atoms with van der Waals surface area (Å²) in [5.74, 6) is 0. The number of pyridine rings is 1. The number of halogens is 1. The zero-order valence-electron chi connectivity index (χ0n) is 10.9. The van der Waals surface area contributed by atoms with Crippen molar-refractivity contribution in [3.63, 3.8) is 0 Å². The molecule has 0 amide bonds. The van der Waals surface area contributed by atoms with E-state index < -0.39 is 0 Å². The lowest BCUT2D eigenvalue weighted by molar-refractivity contribution is 0.159. The van der Waals surface area contributed by atoms with E-state index in [1.165, 1.54) is 5.56 Å². The summed E-state index contributed by atoms with van der Waals surface area (Å²) in [6.45, 7) is 4.49. The third-order valence-corrected chi connectivity index (χ3v) is 2.98. The lowest BCUT2D eigenvalue weighted by Crippen LogP contribution is -2.07. The minimum atomic E-state index is 0.531. The van der Waals surface area contributed by atoms with Crippen LogP contribution < -0.4 is 0 Å². The van der Waals surface area contributed by atoms with Gasteiger partial charge in [-0.2, -0.15) is 0 Å². The van der Waals surface area contributed by atoms with Crippen molar-refractivity contribution in [3.8, 4) is 0 Å². The van der Waals surface area contributed by atoms with Gasteiger partial charge in [0.1, 0.15) is 16.9 Å². The van der Waals surface area contributed by atoms with Crippen molar-refractivity contribution in [1.82, 2.24) is 4.98 Å². The van der Waals surface area contributed by atoms with Crippen molar-refractivity contribution in [2.24, 2.45) is 5.16 Å². The number of hydrogen-bond donors (Lipinski definition) is 0. The molecule has 2 aromatic rings. The van der Waals surface area contributed by atoms with Crippen LogP contribution in [-0.4, -0.2) is 17.3 Å². The van der Waals surface area contributed by atoms with Crippen LogP contribution in [0.3, 0.4) is 0 Å². The molecule has 0 saturated heterocycles. The largest absolute Gasteiger partial charge is 0.396 e. The highest BCUT2D eigenvalue weighted by molar-refractivity contribution is 9.10. The van der Waals surface area contributed by atoms with Crippen molar-refractivity contribution in [2.45, 2.75) is 13.8 Å². The minimum Gasteiger partial charge on any atom is -0.396 e. The Bertz CT molecular complexity index is 549. The second-order valence-electron chi connectivity index (χ2n) is 4.07. The quantitative estimate of drug-likeness (QED) is 0.486. The highest BCUT2D eigenvalue weighted by atomic mass is 79.9. The molecule has 1 aromatic carbocycles. The van der Waals surface area contributed by atoms with Gasteiger partial charge in [0.25, 0.3) is 0 Å². The molecule has 0 radical (unpaired) electrons. The zero-order valence-corrected chi connectivity index (χ0v) is 12.5. The van der Waals surface area contributed by atoms with Crippen molar-refractivity contribution in [3.05, 3.63) is 63.9 Å². The first-order valence-corrected chi connectivity index (χ1v) is 6.90. The molecule has 2 rings (SSSR count). The highest BCUT2D eigenvalue weighted by Crippen LogP contribution is 2.14. The summed E-state index contributed by atoms with van der Waals surface area (Å²) in [4.78, 5) is 9.66. The number of aromatic nitrogens is 1. The van der Waals surface area contributed by atoms with Crippen molar-refractivity contribution in [1.29, 1.82) is 0 Å². The Morgan fingerprint density at radius 3 is 2.74 bits per heavy atom. The lowest BCUT2D eigenvalue weighted by Gasteiger charge is -2.07. The third kappa shape index (κ3) is 3.64. The van der Waals surface area contributed by atoms with Crippen molar-refractivity contribution >= 4 is 21.6 Å². The van der Waals surface area contributed by atoms with E-state index in [-0.39, 0.29) is 0 Å². The van der Waals surface area contributed by atoms with Gasteiger partial charge >= 0.3 is 0 Å². The first-order valence-electron chi connectivity index (χ1n) is 6.10. The number of aryl methyl sites for hydroxylation is 1. The van der Waals surface area contributed by atoms with E-state index >= 15 is 0 Å². The maximum absolute atomic E-state index is 5.22. The van der Waals surface area contributed by atoms with E-state index in [2.05, 4.69) is 45.1 Å². The fraction of sp³-hybridized carbons (Fsp3) is 0.200. The SMILES string of the molecule is CCON=C(c1cccc(C)c1)c1cccc(Br)n1. The maximum atomic E-state index is 5.22. The molecule has 0 aliphatic rings. The summed E-state index contributed by atoms with van der Waals surface area (Å²) in [5.41, 5.74) is 3.70. The molecule has 3 nitrogen and oxygen atoms in total. The summed E-state index contributed by atoms with van der Waals surface area (Å²) >= 11 is 3.38. The van der Waals surface area contributed by atoms with Crippen LogP contribution in [0.1, 0.15) is 23.7 Å². The summed E-state index contributed by atoms with van der Waals surface area (Å²) in [5, 5.41) is 4.20. The standard InChI is InChI=1S/C15H15BrN2O/c1-3-19-18-15(12-7-4-6-11(2)10-12)13-8-5-9-14(16)17-13/h4-10H,3H2,1-2H3. The average molecular weight is 319 g/mol. The first kappa shape index (κ1) is 13.7. The van der Waals surface area contributed by atoms with Gasteiger partial charge in [-0.25, -0.2) is 4.98 Å². The molecular weight excluding hydrogens is 304 g/mol. The van der Waals surface area contributed by atoms with Crippen LogP contribution in [-0.2, 0) is 4.84 Å². The molecule has 1 aromatic heterocycles. The Kier molecular flexibility index (Phi) is 4.68. The Morgan fingerprint density at radius 2 is 2.05 bits per heavy atom. The molecular formula is C15H15BrN2O. The number of hydrogen-bond acceptors (Lipinski definition) is 3. The Balaban J connectivity index is 2.48. The molecule has 4 heteroatoms. The highest BCUT2D eigenvalue weighted by Gasteiger charge is 2.10. The topological polar surface area (TPSA) is 34.5 Å². The Morgan fingerprint density at radius 1 is 1.26 bits per heavy atom. The van der Waals surface area contributed by atoms with Crippen LogP contribution >= 0.6 is 15.9 Å². The zero-order chi connectivity index (χ0) is 13.7. The number of oxime groups is 1. The molecule has 0 bridgehead atoms. The Hall–Kier alpha value is -1.68. The van der Waals surface area contributed by atoms with Gasteiger partial charge in [0.15, 0.2) is 0 Å². The molecule has 0 spiro atoms. The monoisotopic (exact) mass is 318 g/mol. The predicted octanol–water partition coefficient (Wildman–Crippen LogP) is 3.94. The predicted molar refractivity (Wildman–Crippen MR) is 80.4 cm³/mol. The van der Waals surface area contributed by atoms with E-state index in [0.29, 0.717) is 6.61 Å². The van der Waals surface area contributed by atoms with Gasteiger partial charge in [-0.1, -0.05) is 35.0 Å². The second kappa shape index (κ2) is 6.48. The fourth-order valence-corrected chi connectivity index (χ4v) is 2.05. The normalized spacial score (nSPS) is 11.4. The van der Waals surface area contributed by atoms with E-state index in [1.807, 2.05) is 37.3 Å². The molecule has 0 unspecified atom stereocenters. The smallest absolute Gasteiger partial charge is 0.135 e. The second-order valence-corrected chi connectivity index (χ2v) is 4.89. The summed E-state index contributed by atoms with van der Waals surface area (Å²) in [7, 11) is 0. The van der Waals surface area contributed by atoms with Crippen LogP contribution in [0.25, 0.3) is 0 Å². The number of rotatable bonds is 4. The first-order chi connectivity index (χ1) is 9.20. The molecule has 1 heterocycles. The molecule has 0 N–H and O–H groups in total. The van der Waals surface area contributed by atoms with Gasteiger partial charge in [-0.15, -0.1) is 0 Å². The molecule has 0 atom stereocenters. The van der Waals surface area contributed by atoms with Gasteiger partial charge in [0, 0.05) is 5.56 Å². The summed E-state index contributed by atoms with van der Waals surface area (Å²) < 4.78 is 0.779. The van der Waals surface area contributed by atoms with E-state index in [0.717, 1.165) is 21.6 Å². The van der Waals surface area contributed by atoms with Crippen molar-refractivity contribution in [2.75, 3.05) is 6.61 Å². The van der Waals surface area contributed by atoms with Gasteiger partial charge in [0.2, 0.25) is 0 Å². The van der Waals surface area contributed by atoms with Gasteiger partial charge in [-0.3, -0.25) is 0 Å². The fourth-order valence-electron chi connectivity index (χ4n) is 1.71. The Labute approximate surface area is 121 Å². The third-order valence-electron chi connectivity index (χ3n) is 2.53. The van der Waals surface area contributed by atoms with Crippen molar-refractivity contribution < 1.29 is 4.84 Å². The van der Waals surface area contributed by atoms with E-state index in [9.17, 15) is 0 Å². The summed E-state index contributed by atoms with van der Waals surface area (Å²) in [6, 6.07) is 13.9.